The minimum Gasteiger partial charge on any atom is -0.393 e. The third-order valence-corrected chi connectivity index (χ3v) is 4.02. The van der Waals surface area contributed by atoms with Crippen molar-refractivity contribution < 1.29 is 9.72 Å². The minimum absolute atomic E-state index is 0. The maximum absolute atomic E-state index is 12.4. The molecule has 1 aliphatic rings. The molecule has 0 aliphatic heterocycles. The Hall–Kier alpha value is -1.86. The van der Waals surface area contributed by atoms with Crippen LogP contribution in [-0.4, -0.2) is 23.4 Å². The number of amides is 1. The van der Waals surface area contributed by atoms with Gasteiger partial charge in [0.05, 0.1) is 10.5 Å². The molecule has 22 heavy (non-hydrogen) atoms. The monoisotopic (exact) mass is 328 g/mol. The van der Waals surface area contributed by atoms with E-state index in [4.69, 9.17) is 11.5 Å². The quantitative estimate of drug-likeness (QED) is 0.441. The molecule has 0 saturated heterocycles. The normalized spacial score (nSPS) is 20.3. The number of aryl methyl sites for hydroxylation is 1. The van der Waals surface area contributed by atoms with Gasteiger partial charge in [0.2, 0.25) is 0 Å². The molecule has 2 rings (SSSR count). The van der Waals surface area contributed by atoms with Crippen LogP contribution in [-0.2, 0) is 0 Å². The molecule has 122 valence electrons. The van der Waals surface area contributed by atoms with Crippen molar-refractivity contribution in [2.45, 2.75) is 32.2 Å². The summed E-state index contributed by atoms with van der Waals surface area (Å²) >= 11 is 0. The van der Waals surface area contributed by atoms with Crippen molar-refractivity contribution in [3.63, 3.8) is 0 Å². The van der Waals surface area contributed by atoms with Gasteiger partial charge in [0.25, 0.3) is 11.6 Å². The van der Waals surface area contributed by atoms with Gasteiger partial charge in [-0.05, 0) is 43.9 Å². The van der Waals surface area contributed by atoms with Crippen molar-refractivity contribution in [2.75, 3.05) is 12.3 Å². The first-order valence-electron chi connectivity index (χ1n) is 6.99. The van der Waals surface area contributed by atoms with Crippen LogP contribution in [0.3, 0.4) is 0 Å². The first-order valence-corrected chi connectivity index (χ1v) is 6.99. The largest absolute Gasteiger partial charge is 0.393 e. The smallest absolute Gasteiger partial charge is 0.293 e. The number of carbonyl (C=O) groups is 1. The zero-order chi connectivity index (χ0) is 15.6. The van der Waals surface area contributed by atoms with Crippen LogP contribution in [0.1, 0.15) is 35.2 Å². The van der Waals surface area contributed by atoms with Crippen molar-refractivity contribution in [2.24, 2.45) is 11.7 Å². The van der Waals surface area contributed by atoms with Crippen molar-refractivity contribution in [1.29, 1.82) is 0 Å². The van der Waals surface area contributed by atoms with Gasteiger partial charge in [0.1, 0.15) is 5.69 Å². The molecule has 0 bridgehead atoms. The molecule has 1 amide bonds. The fourth-order valence-corrected chi connectivity index (χ4v) is 2.87. The molecular formula is C14H21ClN4O3. The van der Waals surface area contributed by atoms with E-state index >= 15 is 0 Å². The number of anilines is 1. The second-order valence-corrected chi connectivity index (χ2v) is 5.51. The molecule has 1 aromatic rings. The van der Waals surface area contributed by atoms with Gasteiger partial charge in [-0.1, -0.05) is 6.42 Å². The van der Waals surface area contributed by atoms with Gasteiger partial charge in [0.15, 0.2) is 0 Å². The Bertz CT molecular complexity index is 579. The van der Waals surface area contributed by atoms with E-state index in [1.54, 1.807) is 13.0 Å². The number of nitrogen functional groups attached to an aromatic ring is 1. The van der Waals surface area contributed by atoms with E-state index in [2.05, 4.69) is 5.32 Å². The molecule has 0 aromatic heterocycles. The molecule has 1 saturated carbocycles. The average molecular weight is 329 g/mol. The summed E-state index contributed by atoms with van der Waals surface area (Å²) < 4.78 is 0. The van der Waals surface area contributed by atoms with Crippen molar-refractivity contribution in [3.05, 3.63) is 33.4 Å². The Balaban J connectivity index is 0.00000242. The van der Waals surface area contributed by atoms with Gasteiger partial charge in [-0.15, -0.1) is 12.4 Å². The summed E-state index contributed by atoms with van der Waals surface area (Å²) in [5, 5.41) is 13.9. The number of rotatable bonds is 4. The predicted molar refractivity (Wildman–Crippen MR) is 87.1 cm³/mol. The molecule has 1 aromatic carbocycles. The fourth-order valence-electron chi connectivity index (χ4n) is 2.87. The number of nitro groups is 1. The van der Waals surface area contributed by atoms with Gasteiger partial charge in [0, 0.05) is 12.1 Å². The number of hydrogen-bond donors (Lipinski definition) is 3. The number of nitro benzene ring substituents is 1. The highest BCUT2D eigenvalue weighted by molar-refractivity contribution is 6.01. The summed E-state index contributed by atoms with van der Waals surface area (Å²) in [7, 11) is 0. The molecule has 2 unspecified atom stereocenters. The van der Waals surface area contributed by atoms with E-state index < -0.39 is 4.92 Å². The number of nitrogens with zero attached hydrogens (tertiary/aromatic N) is 1. The maximum atomic E-state index is 12.4. The van der Waals surface area contributed by atoms with Crippen LogP contribution in [0, 0.1) is 23.0 Å². The highest BCUT2D eigenvalue weighted by Crippen LogP contribution is 2.29. The van der Waals surface area contributed by atoms with E-state index in [0.29, 0.717) is 12.1 Å². The second kappa shape index (κ2) is 7.42. The minimum atomic E-state index is -0.572. The van der Waals surface area contributed by atoms with E-state index in [0.717, 1.165) is 19.3 Å². The van der Waals surface area contributed by atoms with Gasteiger partial charge in [-0.2, -0.15) is 0 Å². The lowest BCUT2D eigenvalue weighted by Gasteiger charge is -2.20. The molecule has 0 heterocycles. The van der Waals surface area contributed by atoms with Gasteiger partial charge < -0.3 is 16.8 Å². The molecular weight excluding hydrogens is 308 g/mol. The highest BCUT2D eigenvalue weighted by atomic mass is 35.5. The topological polar surface area (TPSA) is 124 Å². The summed E-state index contributed by atoms with van der Waals surface area (Å²) in [6, 6.07) is 2.95. The molecule has 5 N–H and O–H groups in total. The van der Waals surface area contributed by atoms with Crippen LogP contribution in [0.4, 0.5) is 11.4 Å². The molecule has 1 fully saturated rings. The van der Waals surface area contributed by atoms with Gasteiger partial charge in [-0.3, -0.25) is 14.9 Å². The van der Waals surface area contributed by atoms with E-state index in [1.165, 1.54) is 6.07 Å². The van der Waals surface area contributed by atoms with Crippen LogP contribution >= 0.6 is 12.4 Å². The van der Waals surface area contributed by atoms with E-state index in [9.17, 15) is 14.9 Å². The Morgan fingerprint density at radius 2 is 2.14 bits per heavy atom. The number of halogens is 1. The second-order valence-electron chi connectivity index (χ2n) is 5.51. The fraction of sp³-hybridized carbons (Fsp3) is 0.500. The highest BCUT2D eigenvalue weighted by Gasteiger charge is 2.29. The van der Waals surface area contributed by atoms with Crippen LogP contribution < -0.4 is 16.8 Å². The third kappa shape index (κ3) is 3.66. The standard InChI is InChI=1S/C14H20N4O3.ClH/c1-8-5-10(13(16)12(6-8)18(20)21)14(19)17-11-4-2-3-9(11)7-15;/h5-6,9,11H,2-4,7,15-16H2,1H3,(H,17,19);1H. The molecule has 2 atom stereocenters. The number of carbonyl (C=O) groups excluding carboxylic acids is 1. The van der Waals surface area contributed by atoms with Gasteiger partial charge >= 0.3 is 0 Å². The average Bonchev–Trinajstić information content (AvgIpc) is 2.87. The SMILES string of the molecule is Cc1cc(C(=O)NC2CCCC2CN)c(N)c([N+](=O)[O-])c1.Cl. The van der Waals surface area contributed by atoms with E-state index in [-0.39, 0.29) is 47.2 Å². The lowest BCUT2D eigenvalue weighted by Crippen LogP contribution is -2.40. The number of benzene rings is 1. The predicted octanol–water partition coefficient (Wildman–Crippen LogP) is 1.76. The molecule has 8 heteroatoms. The molecule has 1 aliphatic carbocycles. The summed E-state index contributed by atoms with van der Waals surface area (Å²) in [6.45, 7) is 2.22. The first-order chi connectivity index (χ1) is 9.93. The zero-order valence-corrected chi connectivity index (χ0v) is 13.2. The van der Waals surface area contributed by atoms with Gasteiger partial charge in [-0.25, -0.2) is 0 Å². The Kier molecular flexibility index (Phi) is 6.13. The van der Waals surface area contributed by atoms with Crippen LogP contribution in [0.25, 0.3) is 0 Å². The first kappa shape index (κ1) is 18.2. The molecule has 0 spiro atoms. The molecule has 7 nitrogen and oxygen atoms in total. The lowest BCUT2D eigenvalue weighted by atomic mass is 10.0. The van der Waals surface area contributed by atoms with Crippen molar-refractivity contribution in [3.8, 4) is 0 Å². The number of hydrogen-bond acceptors (Lipinski definition) is 5. The maximum Gasteiger partial charge on any atom is 0.293 e. The Morgan fingerprint density at radius 3 is 2.73 bits per heavy atom. The summed E-state index contributed by atoms with van der Waals surface area (Å²) in [5.41, 5.74) is 11.9. The van der Waals surface area contributed by atoms with E-state index in [1.807, 2.05) is 0 Å². The summed E-state index contributed by atoms with van der Waals surface area (Å²) in [6.07, 6.45) is 2.89. The summed E-state index contributed by atoms with van der Waals surface area (Å²) in [4.78, 5) is 22.8. The van der Waals surface area contributed by atoms with Crippen LogP contribution in [0.15, 0.2) is 12.1 Å². The Morgan fingerprint density at radius 1 is 1.45 bits per heavy atom. The van der Waals surface area contributed by atoms with Crippen LogP contribution in [0.2, 0.25) is 0 Å². The summed E-state index contributed by atoms with van der Waals surface area (Å²) in [5.74, 6) is -0.111. The number of nitrogens with two attached hydrogens (primary N) is 2. The Labute approximate surface area is 135 Å². The third-order valence-electron chi connectivity index (χ3n) is 4.02. The zero-order valence-electron chi connectivity index (χ0n) is 12.4. The molecule has 0 radical (unpaired) electrons. The van der Waals surface area contributed by atoms with Crippen LogP contribution in [0.5, 0.6) is 0 Å². The number of nitrogens with one attached hydrogen (secondary N) is 1. The van der Waals surface area contributed by atoms with Crippen molar-refractivity contribution >= 4 is 29.7 Å². The van der Waals surface area contributed by atoms with Crippen molar-refractivity contribution in [1.82, 2.24) is 5.32 Å². The lowest BCUT2D eigenvalue weighted by molar-refractivity contribution is -0.384.